The molecule has 1 aromatic heterocycles. The van der Waals surface area contributed by atoms with E-state index >= 15 is 0 Å². The van der Waals surface area contributed by atoms with Gasteiger partial charge in [0.1, 0.15) is 0 Å². The molecule has 0 bridgehead atoms. The van der Waals surface area contributed by atoms with Crippen LogP contribution < -0.4 is 4.74 Å². The third-order valence-electron chi connectivity index (χ3n) is 3.73. The molecule has 0 spiro atoms. The zero-order valence-corrected chi connectivity index (χ0v) is 12.1. The van der Waals surface area contributed by atoms with E-state index in [4.69, 9.17) is 4.74 Å². The molecule has 2 nitrogen and oxygen atoms in total. The van der Waals surface area contributed by atoms with Gasteiger partial charge >= 0.3 is 0 Å². The van der Waals surface area contributed by atoms with Crippen LogP contribution in [0.25, 0.3) is 0 Å². The van der Waals surface area contributed by atoms with E-state index < -0.39 is 0 Å². The van der Waals surface area contributed by atoms with Crippen molar-refractivity contribution in [3.8, 4) is 5.75 Å². The summed E-state index contributed by atoms with van der Waals surface area (Å²) in [6.45, 7) is 6.58. The minimum absolute atomic E-state index is 0.0143. The summed E-state index contributed by atoms with van der Waals surface area (Å²) in [5, 5.41) is 0. The van der Waals surface area contributed by atoms with Gasteiger partial charge in [-0.15, -0.1) is 0 Å². The molecule has 0 amide bonds. The second kappa shape index (κ2) is 6.81. The molecule has 0 aliphatic carbocycles. The summed E-state index contributed by atoms with van der Waals surface area (Å²) in [4.78, 5) is 3.08. The highest BCUT2D eigenvalue weighted by Crippen LogP contribution is 2.39. The van der Waals surface area contributed by atoms with Crippen LogP contribution in [0.2, 0.25) is 0 Å². The average Bonchev–Trinajstić information content (AvgIpc) is 2.71. The molecule has 0 aromatic carbocycles. The van der Waals surface area contributed by atoms with Gasteiger partial charge in [0.2, 0.25) is 0 Å². The molecule has 18 heavy (non-hydrogen) atoms. The van der Waals surface area contributed by atoms with Crippen LogP contribution >= 0.6 is 0 Å². The minimum atomic E-state index is -0.287. The number of aromatic amines is 1. The van der Waals surface area contributed by atoms with Gasteiger partial charge in [-0.05, 0) is 12.8 Å². The minimum Gasteiger partial charge on any atom is -0.492 e. The van der Waals surface area contributed by atoms with Crippen molar-refractivity contribution in [2.45, 2.75) is 64.7 Å². The number of unbranched alkanes of at least 4 members (excludes halogenated alkanes) is 2. The Morgan fingerprint density at radius 1 is 1.22 bits per heavy atom. The van der Waals surface area contributed by atoms with Gasteiger partial charge in [0.15, 0.2) is 11.6 Å². The summed E-state index contributed by atoms with van der Waals surface area (Å²) in [7, 11) is 1.54. The Hall–Kier alpha value is -0.990. The fraction of sp³-hybridized carbons (Fsp3) is 0.733. The normalized spacial score (nSPS) is 14.5. The van der Waals surface area contributed by atoms with Crippen molar-refractivity contribution in [3.63, 3.8) is 0 Å². The maximum Gasteiger partial charge on any atom is 0.182 e. The fourth-order valence-electron chi connectivity index (χ4n) is 2.73. The third kappa shape index (κ3) is 3.27. The first-order valence-corrected chi connectivity index (χ1v) is 7.00. The van der Waals surface area contributed by atoms with E-state index in [1.54, 1.807) is 0 Å². The van der Waals surface area contributed by atoms with Crippen LogP contribution in [-0.4, -0.2) is 12.1 Å². The van der Waals surface area contributed by atoms with E-state index in [2.05, 4.69) is 25.8 Å². The van der Waals surface area contributed by atoms with Crippen molar-refractivity contribution >= 4 is 0 Å². The number of hydrogen-bond donors (Lipinski definition) is 1. The Morgan fingerprint density at radius 3 is 2.50 bits per heavy atom. The van der Waals surface area contributed by atoms with Crippen molar-refractivity contribution in [2.24, 2.45) is 0 Å². The lowest BCUT2D eigenvalue weighted by Gasteiger charge is -2.29. The Bertz CT molecular complexity index is 361. The van der Waals surface area contributed by atoms with E-state index in [0.29, 0.717) is 5.75 Å². The number of nitrogens with one attached hydrogen (secondary N) is 1. The summed E-state index contributed by atoms with van der Waals surface area (Å²) >= 11 is 0. The molecule has 0 saturated carbocycles. The average molecular weight is 255 g/mol. The predicted octanol–water partition coefficient (Wildman–Crippen LogP) is 4.80. The monoisotopic (exact) mass is 255 g/mol. The van der Waals surface area contributed by atoms with E-state index in [9.17, 15) is 4.39 Å². The fourth-order valence-corrected chi connectivity index (χ4v) is 2.73. The molecule has 1 atom stereocenters. The second-order valence-corrected chi connectivity index (χ2v) is 5.31. The third-order valence-corrected chi connectivity index (χ3v) is 3.73. The van der Waals surface area contributed by atoms with Gasteiger partial charge in [-0.1, -0.05) is 46.5 Å². The number of H-pyrrole nitrogens is 1. The Labute approximate surface area is 110 Å². The summed E-state index contributed by atoms with van der Waals surface area (Å²) in [5.41, 5.74) is 0.903. The largest absolute Gasteiger partial charge is 0.492 e. The summed E-state index contributed by atoms with van der Waals surface area (Å²) in [6, 6.07) is 0. The first-order chi connectivity index (χ1) is 8.59. The molecule has 0 radical (unpaired) electrons. The van der Waals surface area contributed by atoms with E-state index in [1.807, 2.05) is 0 Å². The maximum absolute atomic E-state index is 13.6. The van der Waals surface area contributed by atoms with Crippen LogP contribution in [0.15, 0.2) is 6.20 Å². The molecule has 0 fully saturated rings. The highest BCUT2D eigenvalue weighted by molar-refractivity contribution is 5.35. The van der Waals surface area contributed by atoms with E-state index in [-0.39, 0.29) is 11.2 Å². The lowest BCUT2D eigenvalue weighted by molar-refractivity contribution is 0.333. The van der Waals surface area contributed by atoms with Crippen LogP contribution in [-0.2, 0) is 5.41 Å². The topological polar surface area (TPSA) is 25.0 Å². The van der Waals surface area contributed by atoms with Crippen molar-refractivity contribution in [2.75, 3.05) is 7.11 Å². The molecule has 1 rings (SSSR count). The number of ether oxygens (including phenoxy) is 1. The van der Waals surface area contributed by atoms with Gasteiger partial charge in [-0.2, -0.15) is 0 Å². The lowest BCUT2D eigenvalue weighted by Crippen LogP contribution is -2.23. The molecule has 104 valence electrons. The van der Waals surface area contributed by atoms with Gasteiger partial charge in [-0.25, -0.2) is 4.39 Å². The Morgan fingerprint density at radius 2 is 1.94 bits per heavy atom. The SMILES string of the molecule is CCCCCC(C)(CCC)c1[nH]cc(F)c1OC. The standard InChI is InChI=1S/C15H26FNO/c1-5-7-8-10-15(3,9-6-2)14-13(18-4)12(16)11-17-14/h11,17H,5-10H2,1-4H3. The van der Waals surface area contributed by atoms with Crippen molar-refractivity contribution in [1.82, 2.24) is 4.98 Å². The number of hydrogen-bond acceptors (Lipinski definition) is 1. The first-order valence-electron chi connectivity index (χ1n) is 7.00. The number of aromatic nitrogens is 1. The summed E-state index contributed by atoms with van der Waals surface area (Å²) in [6.07, 6.45) is 8.23. The van der Waals surface area contributed by atoms with Crippen LogP contribution in [0.1, 0.15) is 65.0 Å². The molecular weight excluding hydrogens is 229 g/mol. The first kappa shape index (κ1) is 15.1. The molecule has 0 aliphatic heterocycles. The van der Waals surface area contributed by atoms with Gasteiger partial charge in [0.05, 0.1) is 12.8 Å². The Balaban J connectivity index is 2.94. The van der Waals surface area contributed by atoms with Gasteiger partial charge in [0.25, 0.3) is 0 Å². The molecule has 1 heterocycles. The number of methoxy groups -OCH3 is 1. The molecule has 0 aliphatic rings. The van der Waals surface area contributed by atoms with E-state index in [0.717, 1.165) is 25.0 Å². The van der Waals surface area contributed by atoms with Gasteiger partial charge < -0.3 is 9.72 Å². The molecular formula is C15H26FNO. The van der Waals surface area contributed by atoms with Gasteiger partial charge in [0, 0.05) is 11.6 Å². The van der Waals surface area contributed by atoms with Crippen LogP contribution in [0.3, 0.4) is 0 Å². The molecule has 1 unspecified atom stereocenters. The molecule has 1 aromatic rings. The summed E-state index contributed by atoms with van der Waals surface area (Å²) < 4.78 is 18.8. The van der Waals surface area contributed by atoms with E-state index in [1.165, 1.54) is 32.6 Å². The van der Waals surface area contributed by atoms with Crippen molar-refractivity contribution in [1.29, 1.82) is 0 Å². The highest BCUT2D eigenvalue weighted by atomic mass is 19.1. The van der Waals surface area contributed by atoms with Crippen LogP contribution in [0.4, 0.5) is 4.39 Å². The highest BCUT2D eigenvalue weighted by Gasteiger charge is 2.31. The number of halogens is 1. The van der Waals surface area contributed by atoms with Crippen LogP contribution in [0, 0.1) is 5.82 Å². The van der Waals surface area contributed by atoms with Crippen LogP contribution in [0.5, 0.6) is 5.75 Å². The molecule has 0 saturated heterocycles. The Kier molecular flexibility index (Phi) is 5.70. The predicted molar refractivity (Wildman–Crippen MR) is 73.7 cm³/mol. The zero-order valence-electron chi connectivity index (χ0n) is 12.1. The summed E-state index contributed by atoms with van der Waals surface area (Å²) in [5.74, 6) is 0.104. The smallest absolute Gasteiger partial charge is 0.182 e. The molecule has 1 N–H and O–H groups in total. The quantitative estimate of drug-likeness (QED) is 0.663. The maximum atomic E-state index is 13.6. The van der Waals surface area contributed by atoms with Crippen molar-refractivity contribution < 1.29 is 9.13 Å². The van der Waals surface area contributed by atoms with Crippen molar-refractivity contribution in [3.05, 3.63) is 17.7 Å². The second-order valence-electron chi connectivity index (χ2n) is 5.31. The zero-order chi connectivity index (χ0) is 13.6. The van der Waals surface area contributed by atoms with Gasteiger partial charge in [-0.3, -0.25) is 0 Å². The number of rotatable bonds is 8. The molecule has 3 heteroatoms. The lowest BCUT2D eigenvalue weighted by atomic mass is 9.77.